The maximum atomic E-state index is 9.34. The van der Waals surface area contributed by atoms with E-state index in [1.807, 2.05) is 58.3 Å². The third-order valence-corrected chi connectivity index (χ3v) is 24.0. The van der Waals surface area contributed by atoms with E-state index < -0.39 is 0 Å². The molecule has 0 amide bonds. The van der Waals surface area contributed by atoms with Gasteiger partial charge in [-0.15, -0.1) is 34.0 Å². The summed E-state index contributed by atoms with van der Waals surface area (Å²) in [6.07, 6.45) is 0. The van der Waals surface area contributed by atoms with Crippen LogP contribution < -0.4 is 0 Å². The molecule has 5 nitrogen and oxygen atoms in total. The van der Waals surface area contributed by atoms with Crippen molar-refractivity contribution in [3.05, 3.63) is 327 Å². The van der Waals surface area contributed by atoms with Gasteiger partial charge in [0.1, 0.15) is 0 Å². The van der Waals surface area contributed by atoms with Crippen LogP contribution in [0.4, 0.5) is 0 Å². The van der Waals surface area contributed by atoms with E-state index in [9.17, 15) is 5.26 Å². The molecule has 22 aromatic rings. The standard InChI is InChI=1S/C48H28N2S2.C43H25N3S/c1-5-15-37-31(11-1)35-27-29(23-25-39(35)49(37)41-17-9-21-45-47(41)33-13-3-7-19-43(33)51-45)30-24-26-40-36(28-30)32-12-2-6-16-38(32)50(40)42-18-10-22-46-48(42)34-14-4-8-20-44(34)52-46;44-26-27-16-20-30(21-17-27)45-37-12-4-1-8-31(37)35-24-28(18-22-39(35)45)29-19-23-40-36(25-29)32-9-2-5-13-38(32)46(40)41-14-7-11-34-33-10-3-6-15-42(33)47-43(34)41/h1-28H;1-25H. The molecule has 0 saturated heterocycles. The van der Waals surface area contributed by atoms with E-state index >= 15 is 0 Å². The highest BCUT2D eigenvalue weighted by molar-refractivity contribution is 7.27. The van der Waals surface area contributed by atoms with Crippen LogP contribution in [0.25, 0.3) is 193 Å². The second-order valence-electron chi connectivity index (χ2n) is 25.7. The van der Waals surface area contributed by atoms with Gasteiger partial charge in [0.15, 0.2) is 0 Å². The van der Waals surface area contributed by atoms with E-state index in [1.54, 1.807) is 0 Å². The van der Waals surface area contributed by atoms with Crippen molar-refractivity contribution in [1.29, 1.82) is 5.26 Å². The second kappa shape index (κ2) is 21.8. The summed E-state index contributed by atoms with van der Waals surface area (Å²) in [6.45, 7) is 0. The molecule has 0 aliphatic rings. The Bertz CT molecular complexity index is 6970. The molecule has 99 heavy (non-hydrogen) atoms. The first-order chi connectivity index (χ1) is 49.1. The Labute approximate surface area is 579 Å². The molecule has 22 rings (SSSR count). The fourth-order valence-electron chi connectivity index (χ4n) is 16.1. The van der Waals surface area contributed by atoms with Crippen LogP contribution >= 0.6 is 34.0 Å². The lowest BCUT2D eigenvalue weighted by atomic mass is 10.0. The Morgan fingerprint density at radius 3 is 0.970 bits per heavy atom. The highest BCUT2D eigenvalue weighted by Gasteiger charge is 2.23. The molecule has 0 aliphatic carbocycles. The number of aromatic nitrogens is 4. The Balaban J connectivity index is 0.000000131. The minimum atomic E-state index is 0.661. The predicted molar refractivity (Wildman–Crippen MR) is 424 cm³/mol. The van der Waals surface area contributed by atoms with E-state index in [2.05, 4.69) is 322 Å². The molecule has 0 fully saturated rings. The molecule has 0 saturated carbocycles. The monoisotopic (exact) mass is 1310 g/mol. The molecule has 7 aromatic heterocycles. The van der Waals surface area contributed by atoms with Crippen molar-refractivity contribution in [3.63, 3.8) is 0 Å². The average molecular weight is 1310 g/mol. The minimum absolute atomic E-state index is 0.661. The zero-order chi connectivity index (χ0) is 65.0. The molecule has 15 aromatic carbocycles. The van der Waals surface area contributed by atoms with Crippen molar-refractivity contribution in [2.24, 2.45) is 0 Å². The van der Waals surface area contributed by atoms with E-state index in [1.165, 1.54) is 176 Å². The van der Waals surface area contributed by atoms with Crippen molar-refractivity contribution < 1.29 is 0 Å². The minimum Gasteiger partial charge on any atom is -0.309 e. The Morgan fingerprint density at radius 2 is 0.535 bits per heavy atom. The number of hydrogen-bond acceptors (Lipinski definition) is 4. The SMILES string of the molecule is N#Cc1ccc(-n2c3ccccc3c3cc(-c4ccc5c(c4)c4ccccc4n5-c4cccc5c4sc4ccccc45)ccc32)cc1.c1ccc2c(c1)sc1cccc(-n3c4ccccc4c4cc(-c5ccc6c(c5)c5ccccc5n6-c5cccc6sc7ccccc7c56)ccc43)c12. The number of nitrogens with zero attached hydrogens (tertiary/aromatic N) is 5. The molecule has 0 unspecified atom stereocenters. The molecule has 7 heterocycles. The zero-order valence-electron chi connectivity index (χ0n) is 53.1. The highest BCUT2D eigenvalue weighted by atomic mass is 32.1. The van der Waals surface area contributed by atoms with Gasteiger partial charge < -0.3 is 18.3 Å². The van der Waals surface area contributed by atoms with Crippen LogP contribution in [-0.2, 0) is 0 Å². The fourth-order valence-corrected chi connectivity index (χ4v) is 19.6. The number of rotatable bonds is 6. The average Bonchev–Trinajstić information content (AvgIpc) is 1.67. The maximum Gasteiger partial charge on any atom is 0.0991 e. The largest absolute Gasteiger partial charge is 0.309 e. The van der Waals surface area contributed by atoms with Gasteiger partial charge in [-0.25, -0.2) is 0 Å². The van der Waals surface area contributed by atoms with Crippen LogP contribution in [0.1, 0.15) is 5.56 Å². The number of nitriles is 1. The summed E-state index contributed by atoms with van der Waals surface area (Å²) in [6, 6.07) is 119. The smallest absolute Gasteiger partial charge is 0.0991 e. The van der Waals surface area contributed by atoms with Crippen molar-refractivity contribution in [1.82, 2.24) is 18.3 Å². The molecular weight excluding hydrogens is 1260 g/mol. The van der Waals surface area contributed by atoms with Gasteiger partial charge in [-0.3, -0.25) is 0 Å². The van der Waals surface area contributed by atoms with E-state index in [4.69, 9.17) is 0 Å². The molecule has 0 atom stereocenters. The normalized spacial score (nSPS) is 12.0. The lowest BCUT2D eigenvalue weighted by Crippen LogP contribution is -1.94. The zero-order valence-corrected chi connectivity index (χ0v) is 55.5. The first-order valence-electron chi connectivity index (χ1n) is 33.4. The number of fused-ring (bicyclic) bond motifs is 21. The van der Waals surface area contributed by atoms with Gasteiger partial charge in [-0.1, -0.05) is 176 Å². The van der Waals surface area contributed by atoms with Gasteiger partial charge in [0.25, 0.3) is 0 Å². The lowest BCUT2D eigenvalue weighted by molar-refractivity contribution is 1.18. The van der Waals surface area contributed by atoms with Crippen LogP contribution in [0, 0.1) is 11.3 Å². The third-order valence-electron chi connectivity index (χ3n) is 20.5. The van der Waals surface area contributed by atoms with Crippen molar-refractivity contribution in [2.45, 2.75) is 0 Å². The van der Waals surface area contributed by atoms with Crippen LogP contribution in [-0.4, -0.2) is 18.3 Å². The van der Waals surface area contributed by atoms with Gasteiger partial charge >= 0.3 is 0 Å². The Morgan fingerprint density at radius 1 is 0.222 bits per heavy atom. The maximum absolute atomic E-state index is 9.34. The van der Waals surface area contributed by atoms with Crippen molar-refractivity contribution in [3.8, 4) is 51.1 Å². The van der Waals surface area contributed by atoms with Crippen LogP contribution in [0.2, 0.25) is 0 Å². The number of thiophene rings is 3. The fraction of sp³-hybridized carbons (Fsp3) is 0. The summed E-state index contributed by atoms with van der Waals surface area (Å²) in [5, 5.41) is 27.2. The summed E-state index contributed by atoms with van der Waals surface area (Å²) in [4.78, 5) is 0. The number of hydrogen-bond donors (Lipinski definition) is 0. The molecule has 460 valence electrons. The van der Waals surface area contributed by atoms with E-state index in [0.717, 1.165) is 16.7 Å². The number of benzene rings is 15. The summed E-state index contributed by atoms with van der Waals surface area (Å²) in [5.41, 5.74) is 19.8. The first kappa shape index (κ1) is 55.9. The van der Waals surface area contributed by atoms with Crippen LogP contribution in [0.15, 0.2) is 322 Å². The van der Waals surface area contributed by atoms with E-state index in [0.29, 0.717) is 5.56 Å². The van der Waals surface area contributed by atoms with Crippen LogP contribution in [0.5, 0.6) is 0 Å². The van der Waals surface area contributed by atoms with Gasteiger partial charge in [0.05, 0.1) is 77.5 Å². The molecule has 0 N–H and O–H groups in total. The molecular formula is C91H53N5S3. The molecule has 8 heteroatoms. The quantitative estimate of drug-likeness (QED) is 0.164. The molecule has 0 bridgehead atoms. The predicted octanol–water partition coefficient (Wildman–Crippen LogP) is 26.1. The molecule has 0 spiro atoms. The number of para-hydroxylation sites is 4. The summed E-state index contributed by atoms with van der Waals surface area (Å²) in [5.74, 6) is 0. The Kier molecular flexibility index (Phi) is 12.3. The van der Waals surface area contributed by atoms with E-state index in [-0.39, 0.29) is 0 Å². The Hall–Kier alpha value is -12.4. The van der Waals surface area contributed by atoms with Gasteiger partial charge in [-0.2, -0.15) is 5.26 Å². The highest BCUT2D eigenvalue weighted by Crippen LogP contribution is 2.47. The van der Waals surface area contributed by atoms with Gasteiger partial charge in [-0.05, 0) is 168 Å². The lowest BCUT2D eigenvalue weighted by Gasteiger charge is -2.11. The van der Waals surface area contributed by atoms with Crippen molar-refractivity contribution >= 4 is 182 Å². The van der Waals surface area contributed by atoms with Crippen LogP contribution in [0.3, 0.4) is 0 Å². The molecule has 0 radical (unpaired) electrons. The van der Waals surface area contributed by atoms with Crippen molar-refractivity contribution in [2.75, 3.05) is 0 Å². The van der Waals surface area contributed by atoms with Gasteiger partial charge in [0, 0.05) is 105 Å². The topological polar surface area (TPSA) is 43.5 Å². The third kappa shape index (κ3) is 8.43. The summed E-state index contributed by atoms with van der Waals surface area (Å²) < 4.78 is 17.6. The molecule has 0 aliphatic heterocycles. The summed E-state index contributed by atoms with van der Waals surface area (Å²) in [7, 11) is 0. The second-order valence-corrected chi connectivity index (χ2v) is 29.0. The summed E-state index contributed by atoms with van der Waals surface area (Å²) >= 11 is 5.61. The first-order valence-corrected chi connectivity index (χ1v) is 35.9. The van der Waals surface area contributed by atoms with Gasteiger partial charge in [0.2, 0.25) is 0 Å².